The van der Waals surface area contributed by atoms with Gasteiger partial charge in [-0.1, -0.05) is 72.8 Å². The van der Waals surface area contributed by atoms with E-state index in [4.69, 9.17) is 0 Å². The number of nitrogens with zero attached hydrogens (tertiary/aromatic N) is 3. The van der Waals surface area contributed by atoms with Crippen molar-refractivity contribution >= 4 is 34.1 Å². The van der Waals surface area contributed by atoms with Crippen molar-refractivity contribution in [2.24, 2.45) is 0 Å². The van der Waals surface area contributed by atoms with Crippen molar-refractivity contribution < 1.29 is 22.0 Å². The van der Waals surface area contributed by atoms with Crippen molar-refractivity contribution in [1.82, 2.24) is 0 Å². The minimum atomic E-state index is -5.32. The molecule has 0 amide bonds. The maximum atomic E-state index is 17.3. The lowest BCUT2D eigenvalue weighted by Gasteiger charge is -2.38. The summed E-state index contributed by atoms with van der Waals surface area (Å²) in [6.45, 7) is 0. The van der Waals surface area contributed by atoms with Gasteiger partial charge in [0.1, 0.15) is 22.9 Å². The molecule has 2 heterocycles. The Bertz CT molecular complexity index is 1850. The minimum Gasteiger partial charge on any atom is -0.306 e. The van der Waals surface area contributed by atoms with Crippen LogP contribution < -0.4 is 9.80 Å². The lowest BCUT2D eigenvalue weighted by atomic mass is 9.91. The number of para-hydroxylation sites is 4. The van der Waals surface area contributed by atoms with Gasteiger partial charge in [-0.05, 0) is 46.5 Å². The summed E-state index contributed by atoms with van der Waals surface area (Å²) in [5, 5.41) is 10.1. The summed E-state index contributed by atoms with van der Waals surface area (Å²) in [6, 6.07) is 29.1. The van der Waals surface area contributed by atoms with Crippen LogP contribution in [0.1, 0.15) is 33.4 Å². The predicted octanol–water partition coefficient (Wildman–Crippen LogP) is 9.60. The van der Waals surface area contributed by atoms with Crippen molar-refractivity contribution in [3.8, 4) is 6.07 Å². The summed E-state index contributed by atoms with van der Waals surface area (Å²) in [5.41, 5.74) is -0.0683. The van der Waals surface area contributed by atoms with Gasteiger partial charge in [-0.15, -0.1) is 0 Å². The number of fused-ring (bicyclic) bond motifs is 4. The predicted molar refractivity (Wildman–Crippen MR) is 151 cm³/mol. The lowest BCUT2D eigenvalue weighted by Crippen LogP contribution is -2.27. The Hall–Kier alpha value is -5.16. The number of anilines is 6. The molecule has 3 nitrogen and oxygen atoms in total. The van der Waals surface area contributed by atoms with Gasteiger partial charge >= 0.3 is 6.18 Å². The highest BCUT2D eigenvalue weighted by molar-refractivity contribution is 5.92. The van der Waals surface area contributed by atoms with E-state index in [1.54, 1.807) is 91.0 Å². The van der Waals surface area contributed by atoms with Crippen molar-refractivity contribution in [2.45, 2.75) is 19.0 Å². The number of rotatable bonds is 2. The normalized spacial score (nSPS) is 13.5. The van der Waals surface area contributed by atoms with Gasteiger partial charge in [0.05, 0.1) is 5.69 Å². The van der Waals surface area contributed by atoms with E-state index in [-0.39, 0.29) is 0 Å². The molecule has 0 radical (unpaired) electrons. The third-order valence-electron chi connectivity index (χ3n) is 7.86. The molecule has 0 unspecified atom stereocenters. The number of nitriles is 1. The highest BCUT2D eigenvalue weighted by Crippen LogP contribution is 2.55. The van der Waals surface area contributed by atoms with E-state index in [0.29, 0.717) is 46.7 Å². The average Bonchev–Trinajstić information content (AvgIpc) is 2.99. The van der Waals surface area contributed by atoms with Crippen molar-refractivity contribution in [3.05, 3.63) is 142 Å². The Morgan fingerprint density at radius 1 is 0.548 bits per heavy atom. The average molecular weight is 566 g/mol. The zero-order valence-electron chi connectivity index (χ0n) is 21.9. The van der Waals surface area contributed by atoms with E-state index < -0.39 is 40.3 Å². The first-order valence-electron chi connectivity index (χ1n) is 13.2. The fourth-order valence-corrected chi connectivity index (χ4v) is 6.11. The summed E-state index contributed by atoms with van der Waals surface area (Å²) < 4.78 is 78.1. The van der Waals surface area contributed by atoms with Crippen LogP contribution in [0.15, 0.2) is 97.1 Å². The summed E-state index contributed by atoms with van der Waals surface area (Å²) in [4.78, 5) is 2.51. The number of hydrogen-bond acceptors (Lipinski definition) is 3. The third kappa shape index (κ3) is 3.77. The van der Waals surface area contributed by atoms with Gasteiger partial charge in [0, 0.05) is 35.6 Å². The largest absolute Gasteiger partial charge is 0.421 e. The molecule has 0 bridgehead atoms. The Labute approximate surface area is 238 Å². The summed E-state index contributed by atoms with van der Waals surface area (Å²) in [6.07, 6.45) is -4.43. The molecule has 42 heavy (non-hydrogen) atoms. The summed E-state index contributed by atoms with van der Waals surface area (Å²) >= 11 is 0. The first-order valence-corrected chi connectivity index (χ1v) is 13.2. The van der Waals surface area contributed by atoms with E-state index in [9.17, 15) is 18.4 Å². The molecule has 0 N–H and O–H groups in total. The monoisotopic (exact) mass is 565 g/mol. The van der Waals surface area contributed by atoms with Crippen LogP contribution in [0.2, 0.25) is 0 Å². The smallest absolute Gasteiger partial charge is 0.306 e. The maximum Gasteiger partial charge on any atom is 0.421 e. The Morgan fingerprint density at radius 3 is 1.26 bits per heavy atom. The van der Waals surface area contributed by atoms with Gasteiger partial charge in [0.15, 0.2) is 11.6 Å². The van der Waals surface area contributed by atoms with E-state index in [2.05, 4.69) is 0 Å². The van der Waals surface area contributed by atoms with Crippen LogP contribution >= 0.6 is 0 Å². The van der Waals surface area contributed by atoms with Gasteiger partial charge in [-0.2, -0.15) is 18.4 Å². The maximum absolute atomic E-state index is 17.3. The third-order valence-corrected chi connectivity index (χ3v) is 7.86. The SMILES string of the molecule is N#Cc1c(F)c(C(F)(F)F)c(N2c3ccccc3Cc3ccccc32)c(F)c1N1c2ccccc2Cc2ccccc21. The number of halogens is 5. The number of hydrogen-bond donors (Lipinski definition) is 0. The van der Waals surface area contributed by atoms with E-state index in [0.717, 1.165) is 16.0 Å². The molecule has 7 rings (SSSR count). The number of benzene rings is 5. The molecule has 0 aliphatic carbocycles. The Kier molecular flexibility index (Phi) is 5.80. The van der Waals surface area contributed by atoms with Crippen LogP contribution in [0, 0.1) is 23.0 Å². The van der Waals surface area contributed by atoms with Crippen LogP contribution in [0.25, 0.3) is 0 Å². The molecule has 2 aliphatic heterocycles. The summed E-state index contributed by atoms with van der Waals surface area (Å²) in [7, 11) is 0. The molecular weight excluding hydrogens is 545 g/mol. The summed E-state index contributed by atoms with van der Waals surface area (Å²) in [5.74, 6) is -3.17. The van der Waals surface area contributed by atoms with E-state index in [1.165, 1.54) is 4.90 Å². The fourth-order valence-electron chi connectivity index (χ4n) is 6.11. The second kappa shape index (κ2) is 9.45. The molecule has 0 spiro atoms. The molecule has 0 aromatic heterocycles. The van der Waals surface area contributed by atoms with E-state index >= 15 is 8.78 Å². The molecule has 2 aliphatic rings. The topological polar surface area (TPSA) is 30.3 Å². The first-order chi connectivity index (χ1) is 20.3. The number of alkyl halides is 3. The van der Waals surface area contributed by atoms with Crippen molar-refractivity contribution in [2.75, 3.05) is 9.80 Å². The van der Waals surface area contributed by atoms with Crippen LogP contribution in [-0.2, 0) is 19.0 Å². The van der Waals surface area contributed by atoms with Gasteiger partial charge in [0.2, 0.25) is 0 Å². The van der Waals surface area contributed by atoms with Crippen molar-refractivity contribution in [3.63, 3.8) is 0 Å². The van der Waals surface area contributed by atoms with Crippen LogP contribution in [0.3, 0.4) is 0 Å². The van der Waals surface area contributed by atoms with Crippen LogP contribution in [0.4, 0.5) is 56.1 Å². The molecule has 206 valence electrons. The van der Waals surface area contributed by atoms with Gasteiger partial charge in [-0.25, -0.2) is 8.78 Å². The van der Waals surface area contributed by atoms with Crippen LogP contribution in [-0.4, -0.2) is 0 Å². The molecule has 0 fully saturated rings. The zero-order chi connectivity index (χ0) is 29.2. The standard InChI is InChI=1S/C34H20F5N3/c35-30-24(19-40)32(41-25-13-5-1-9-20(25)17-21-10-2-6-14-26(21)41)31(36)33(29(30)34(37,38)39)42-27-15-7-3-11-22(27)18-23-12-4-8-16-28(23)42/h1-16H,17-18H2. The van der Waals surface area contributed by atoms with Gasteiger partial charge < -0.3 is 9.80 Å². The molecule has 0 saturated carbocycles. The van der Waals surface area contributed by atoms with E-state index in [1.807, 2.05) is 12.1 Å². The molecule has 5 aromatic carbocycles. The highest BCUT2D eigenvalue weighted by Gasteiger charge is 2.46. The molecule has 5 aromatic rings. The second-order valence-corrected chi connectivity index (χ2v) is 10.2. The fraction of sp³-hybridized carbons (Fsp3) is 0.0882. The molecular formula is C34H20F5N3. The molecule has 0 atom stereocenters. The van der Waals surface area contributed by atoms with Crippen molar-refractivity contribution in [1.29, 1.82) is 5.26 Å². The molecule has 8 heteroatoms. The minimum absolute atomic E-state index is 0.301. The Morgan fingerprint density at radius 2 is 0.905 bits per heavy atom. The zero-order valence-corrected chi connectivity index (χ0v) is 21.9. The highest BCUT2D eigenvalue weighted by atomic mass is 19.4. The molecule has 0 saturated heterocycles. The first kappa shape index (κ1) is 25.8. The van der Waals surface area contributed by atoms with Gasteiger partial charge in [-0.3, -0.25) is 0 Å². The van der Waals surface area contributed by atoms with Crippen LogP contribution in [0.5, 0.6) is 0 Å². The van der Waals surface area contributed by atoms with Gasteiger partial charge in [0.25, 0.3) is 0 Å². The quantitative estimate of drug-likeness (QED) is 0.196. The Balaban J connectivity index is 1.63. The lowest BCUT2D eigenvalue weighted by molar-refractivity contribution is -0.139. The second-order valence-electron chi connectivity index (χ2n) is 10.2.